The van der Waals surface area contributed by atoms with Crippen LogP contribution >= 0.6 is 0 Å². The smallest absolute Gasteiger partial charge is 0.410 e. The summed E-state index contributed by atoms with van der Waals surface area (Å²) in [7, 11) is -4.02. The first-order chi connectivity index (χ1) is 18.3. The molecule has 39 heavy (non-hydrogen) atoms. The van der Waals surface area contributed by atoms with Gasteiger partial charge in [-0.1, -0.05) is 24.3 Å². The van der Waals surface area contributed by atoms with E-state index in [-0.39, 0.29) is 22.8 Å². The summed E-state index contributed by atoms with van der Waals surface area (Å²) < 4.78 is 40.5. The fourth-order valence-corrected chi connectivity index (χ4v) is 5.43. The van der Waals surface area contributed by atoms with Gasteiger partial charge < -0.3 is 20.1 Å². The van der Waals surface area contributed by atoms with Crippen LogP contribution in [-0.2, 0) is 14.8 Å². The summed E-state index contributed by atoms with van der Waals surface area (Å²) >= 11 is 0. The first-order valence-electron chi connectivity index (χ1n) is 12.8. The van der Waals surface area contributed by atoms with Crippen molar-refractivity contribution in [1.29, 1.82) is 0 Å². The molecule has 0 radical (unpaired) electrons. The molecule has 2 aromatic carbocycles. The zero-order valence-corrected chi connectivity index (χ0v) is 23.7. The van der Waals surface area contributed by atoms with Crippen LogP contribution in [0.4, 0.5) is 16.4 Å². The number of benzene rings is 2. The van der Waals surface area contributed by atoms with Gasteiger partial charge >= 0.3 is 6.09 Å². The number of carbonyl (C=O) groups is 1. The van der Waals surface area contributed by atoms with Crippen LogP contribution < -0.4 is 15.2 Å². The van der Waals surface area contributed by atoms with E-state index in [1.54, 1.807) is 23.1 Å². The number of rotatable bonds is 6. The predicted molar refractivity (Wildman–Crippen MR) is 150 cm³/mol. The van der Waals surface area contributed by atoms with Gasteiger partial charge in [-0.15, -0.1) is 0 Å². The van der Waals surface area contributed by atoms with Gasteiger partial charge in [0.1, 0.15) is 11.7 Å². The number of amides is 1. The highest BCUT2D eigenvalue weighted by Crippen LogP contribution is 2.30. The molecule has 2 heterocycles. The molecule has 208 valence electrons. The van der Waals surface area contributed by atoms with E-state index in [2.05, 4.69) is 14.7 Å². The highest BCUT2D eigenvalue weighted by atomic mass is 32.2. The lowest BCUT2D eigenvalue weighted by atomic mass is 10.00. The quantitative estimate of drug-likeness (QED) is 0.410. The van der Waals surface area contributed by atoms with Gasteiger partial charge in [0.15, 0.2) is 0 Å². The summed E-state index contributed by atoms with van der Waals surface area (Å²) in [6, 6.07) is 13.5. The topological polar surface area (TPSA) is 137 Å². The molecular formula is C28H35N5O5S. The number of nitrogen functional groups attached to an aromatic ring is 1. The number of aromatic nitrogens is 2. The second-order valence-corrected chi connectivity index (χ2v) is 12.4. The average Bonchev–Trinajstić information content (AvgIpc) is 2.83. The number of sulfonamides is 1. The van der Waals surface area contributed by atoms with E-state index in [4.69, 9.17) is 15.2 Å². The maximum atomic E-state index is 13.1. The second-order valence-electron chi connectivity index (χ2n) is 10.7. The van der Waals surface area contributed by atoms with E-state index in [9.17, 15) is 13.2 Å². The minimum Gasteiger partial charge on any atom is -0.472 e. The van der Waals surface area contributed by atoms with Crippen LogP contribution in [0.3, 0.4) is 0 Å². The number of nitrogens with one attached hydrogen (secondary N) is 1. The molecule has 10 nitrogen and oxygen atoms in total. The lowest BCUT2D eigenvalue weighted by Gasteiger charge is -2.34. The maximum absolute atomic E-state index is 13.1. The number of hydrogen-bond acceptors (Lipinski definition) is 8. The Morgan fingerprint density at radius 2 is 1.77 bits per heavy atom. The number of nitrogens with zero attached hydrogens (tertiary/aromatic N) is 3. The molecule has 1 atom stereocenters. The Hall–Kier alpha value is -3.86. The number of nitrogens with two attached hydrogens (primary N) is 1. The molecule has 3 N–H and O–H groups in total. The summed E-state index contributed by atoms with van der Waals surface area (Å²) in [6.45, 7) is 10.3. The molecule has 0 aliphatic carbocycles. The van der Waals surface area contributed by atoms with Crippen molar-refractivity contribution in [2.75, 3.05) is 23.5 Å². The third kappa shape index (κ3) is 7.17. The molecule has 1 saturated heterocycles. The van der Waals surface area contributed by atoms with E-state index in [1.165, 1.54) is 12.1 Å². The van der Waals surface area contributed by atoms with Crippen LogP contribution in [0.25, 0.3) is 11.3 Å². The third-order valence-electron chi connectivity index (χ3n) is 6.15. The summed E-state index contributed by atoms with van der Waals surface area (Å²) in [4.78, 5) is 23.2. The molecule has 1 aromatic heterocycles. The first-order valence-corrected chi connectivity index (χ1v) is 14.3. The second kappa shape index (κ2) is 11.1. The Kier molecular flexibility index (Phi) is 8.01. The van der Waals surface area contributed by atoms with Crippen molar-refractivity contribution in [3.05, 3.63) is 59.7 Å². The molecule has 1 fully saturated rings. The minimum atomic E-state index is -4.02. The number of ether oxygens (including phenoxy) is 2. The van der Waals surface area contributed by atoms with Crippen molar-refractivity contribution >= 4 is 27.8 Å². The van der Waals surface area contributed by atoms with Gasteiger partial charge in [-0.25, -0.2) is 22.9 Å². The summed E-state index contributed by atoms with van der Waals surface area (Å²) in [5.74, 6) is 0.0661. The Labute approximate surface area is 229 Å². The van der Waals surface area contributed by atoms with Crippen molar-refractivity contribution in [1.82, 2.24) is 14.9 Å². The van der Waals surface area contributed by atoms with Crippen molar-refractivity contribution in [2.45, 2.75) is 64.1 Å². The van der Waals surface area contributed by atoms with Crippen molar-refractivity contribution in [2.24, 2.45) is 0 Å². The maximum Gasteiger partial charge on any atom is 0.410 e. The molecule has 11 heteroatoms. The van der Waals surface area contributed by atoms with Gasteiger partial charge in [0.25, 0.3) is 10.0 Å². The number of anilines is 2. The van der Waals surface area contributed by atoms with Gasteiger partial charge in [0.05, 0.1) is 17.1 Å². The van der Waals surface area contributed by atoms with Crippen molar-refractivity contribution in [3.63, 3.8) is 0 Å². The van der Waals surface area contributed by atoms with Gasteiger partial charge in [-0.05, 0) is 76.8 Å². The monoisotopic (exact) mass is 553 g/mol. The van der Waals surface area contributed by atoms with E-state index in [0.717, 1.165) is 23.1 Å². The molecule has 4 rings (SSSR count). The lowest BCUT2D eigenvalue weighted by Crippen LogP contribution is -2.46. The molecule has 3 aromatic rings. The fraction of sp³-hybridized carbons (Fsp3) is 0.393. The highest BCUT2D eigenvalue weighted by Gasteiger charge is 2.29. The molecule has 1 amide bonds. The van der Waals surface area contributed by atoms with Gasteiger partial charge in [-0.2, -0.15) is 4.98 Å². The average molecular weight is 554 g/mol. The molecule has 0 saturated carbocycles. The minimum absolute atomic E-state index is 0.00803. The molecule has 1 aliphatic rings. The molecule has 1 aliphatic heterocycles. The molecular weight excluding hydrogens is 518 g/mol. The SMILES string of the molecule is Cc1cccc(C)c1-c1cc(OC2CCCN(C(=O)OC(C)(C)C)C2)nc(NS(=O)(=O)c2cccc(N)c2)n1. The number of aryl methyl sites for hydroxylation is 2. The van der Waals surface area contributed by atoms with Crippen molar-refractivity contribution in [3.8, 4) is 17.1 Å². The van der Waals surface area contributed by atoms with Gasteiger partial charge in [-0.3, -0.25) is 0 Å². The zero-order valence-electron chi connectivity index (χ0n) is 22.9. The van der Waals surface area contributed by atoms with E-state index >= 15 is 0 Å². The Bertz CT molecular complexity index is 1450. The molecule has 1 unspecified atom stereocenters. The van der Waals surface area contributed by atoms with Crippen LogP contribution in [-0.4, -0.2) is 54.2 Å². The van der Waals surface area contributed by atoms with Crippen LogP contribution in [0.15, 0.2) is 53.4 Å². The largest absolute Gasteiger partial charge is 0.472 e. The summed E-state index contributed by atoms with van der Waals surface area (Å²) in [5.41, 5.74) is 8.82. The van der Waals surface area contributed by atoms with Crippen LogP contribution in [0.1, 0.15) is 44.7 Å². The standard InChI is InChI=1S/C28H35N5O5S/c1-18-9-6-10-19(2)25(18)23-16-24(37-21-12-8-14-33(17-21)27(34)38-28(3,4)5)31-26(30-23)32-39(35,36)22-13-7-11-20(29)15-22/h6-7,9-11,13,15-16,21H,8,12,14,17,29H2,1-5H3,(H,30,31,32). The van der Waals surface area contributed by atoms with E-state index in [1.807, 2.05) is 52.8 Å². The Morgan fingerprint density at radius 1 is 1.08 bits per heavy atom. The van der Waals surface area contributed by atoms with Crippen LogP contribution in [0.5, 0.6) is 5.88 Å². The van der Waals surface area contributed by atoms with Crippen LogP contribution in [0.2, 0.25) is 0 Å². The molecule has 0 bridgehead atoms. The zero-order chi connectivity index (χ0) is 28.4. The van der Waals surface area contributed by atoms with Crippen LogP contribution in [0, 0.1) is 13.8 Å². The van der Waals surface area contributed by atoms with E-state index < -0.39 is 21.7 Å². The fourth-order valence-electron chi connectivity index (χ4n) is 4.44. The summed E-state index contributed by atoms with van der Waals surface area (Å²) in [6.07, 6.45) is 0.677. The van der Waals surface area contributed by atoms with Crippen molar-refractivity contribution < 1.29 is 22.7 Å². The number of likely N-dealkylation sites (tertiary alicyclic amines) is 1. The first kappa shape index (κ1) is 28.2. The predicted octanol–water partition coefficient (Wildman–Crippen LogP) is 4.92. The van der Waals surface area contributed by atoms with Gasteiger partial charge in [0, 0.05) is 23.9 Å². The number of hydrogen-bond donors (Lipinski definition) is 2. The number of carbonyl (C=O) groups excluding carboxylic acids is 1. The Morgan fingerprint density at radius 3 is 2.44 bits per heavy atom. The summed E-state index contributed by atoms with van der Waals surface area (Å²) in [5, 5.41) is 0. The third-order valence-corrected chi connectivity index (χ3v) is 7.48. The highest BCUT2D eigenvalue weighted by molar-refractivity contribution is 7.92. The Balaban J connectivity index is 1.66. The molecule has 0 spiro atoms. The van der Waals surface area contributed by atoms with E-state index in [0.29, 0.717) is 30.9 Å². The lowest BCUT2D eigenvalue weighted by molar-refractivity contribution is 0.00722. The normalized spacial score (nSPS) is 16.0. The van der Waals surface area contributed by atoms with Gasteiger partial charge in [0.2, 0.25) is 11.8 Å². The number of piperidine rings is 1.